The molecular weight excluding hydrogens is 178 g/mol. The van der Waals surface area contributed by atoms with Gasteiger partial charge in [-0.3, -0.25) is 0 Å². The lowest BCUT2D eigenvalue weighted by molar-refractivity contribution is -0.139. The van der Waals surface area contributed by atoms with Gasteiger partial charge >= 0.3 is 5.97 Å². The second-order valence-corrected chi connectivity index (χ2v) is 4.78. The molecular formula is C11H21NO2. The van der Waals surface area contributed by atoms with Crippen LogP contribution in [0.1, 0.15) is 40.5 Å². The van der Waals surface area contributed by atoms with E-state index in [9.17, 15) is 4.79 Å². The summed E-state index contributed by atoms with van der Waals surface area (Å²) >= 11 is 0. The Morgan fingerprint density at radius 3 is 2.29 bits per heavy atom. The molecule has 0 aromatic heterocycles. The van der Waals surface area contributed by atoms with Gasteiger partial charge in [0.1, 0.15) is 6.04 Å². The van der Waals surface area contributed by atoms with Crippen molar-refractivity contribution >= 4 is 5.97 Å². The van der Waals surface area contributed by atoms with Crippen molar-refractivity contribution in [1.82, 2.24) is 5.32 Å². The van der Waals surface area contributed by atoms with Crippen LogP contribution in [0.5, 0.6) is 0 Å². The van der Waals surface area contributed by atoms with Crippen molar-refractivity contribution in [2.75, 3.05) is 0 Å². The van der Waals surface area contributed by atoms with Gasteiger partial charge in [0.05, 0.1) is 0 Å². The summed E-state index contributed by atoms with van der Waals surface area (Å²) in [5.74, 6) is -0.817. The first-order valence-corrected chi connectivity index (χ1v) is 4.93. The Balaban J connectivity index is 4.11. The highest BCUT2D eigenvalue weighted by Crippen LogP contribution is 2.22. The average Bonchev–Trinajstić information content (AvgIpc) is 1.96. The number of hydrogen-bond donors (Lipinski definition) is 2. The first kappa shape index (κ1) is 13.0. The molecule has 1 atom stereocenters. The van der Waals surface area contributed by atoms with E-state index in [1.54, 1.807) is 0 Å². The van der Waals surface area contributed by atoms with E-state index in [1.165, 1.54) is 0 Å². The van der Waals surface area contributed by atoms with Gasteiger partial charge in [-0.25, -0.2) is 4.79 Å². The van der Waals surface area contributed by atoms with Crippen LogP contribution in [0.3, 0.4) is 0 Å². The van der Waals surface area contributed by atoms with E-state index in [0.29, 0.717) is 6.42 Å². The van der Waals surface area contributed by atoms with Gasteiger partial charge in [0, 0.05) is 5.70 Å². The molecule has 0 spiro atoms. The zero-order chi connectivity index (χ0) is 11.4. The van der Waals surface area contributed by atoms with E-state index in [1.807, 2.05) is 6.92 Å². The molecule has 0 fully saturated rings. The zero-order valence-electron chi connectivity index (χ0n) is 9.55. The van der Waals surface area contributed by atoms with Crippen LogP contribution >= 0.6 is 0 Å². The maximum Gasteiger partial charge on any atom is 0.326 e. The topological polar surface area (TPSA) is 49.3 Å². The third-order valence-corrected chi connectivity index (χ3v) is 1.83. The predicted molar refractivity (Wildman–Crippen MR) is 58.1 cm³/mol. The number of hydrogen-bond acceptors (Lipinski definition) is 2. The highest BCUT2D eigenvalue weighted by Gasteiger charge is 2.18. The van der Waals surface area contributed by atoms with Crippen LogP contribution in [-0.2, 0) is 4.79 Å². The molecule has 0 aromatic carbocycles. The lowest BCUT2D eigenvalue weighted by Gasteiger charge is -2.23. The Morgan fingerprint density at radius 2 is 2.00 bits per heavy atom. The Kier molecular flexibility index (Phi) is 4.68. The van der Waals surface area contributed by atoms with Crippen molar-refractivity contribution in [2.45, 2.75) is 46.6 Å². The number of carbonyl (C=O) groups is 1. The van der Waals surface area contributed by atoms with Gasteiger partial charge in [-0.05, 0) is 18.3 Å². The summed E-state index contributed by atoms with van der Waals surface area (Å²) in [6.07, 6.45) is 1.36. The summed E-state index contributed by atoms with van der Waals surface area (Å²) in [6.45, 7) is 12.0. The lowest BCUT2D eigenvalue weighted by atomic mass is 9.90. The van der Waals surface area contributed by atoms with E-state index in [-0.39, 0.29) is 5.41 Å². The summed E-state index contributed by atoms with van der Waals surface area (Å²) in [7, 11) is 0. The molecule has 82 valence electrons. The van der Waals surface area contributed by atoms with E-state index >= 15 is 0 Å². The SMILES string of the molecule is C=C(CC(C)(C)C)NC(CC)C(=O)O. The van der Waals surface area contributed by atoms with E-state index in [4.69, 9.17) is 5.11 Å². The van der Waals surface area contributed by atoms with Crippen LogP contribution in [0, 0.1) is 5.41 Å². The van der Waals surface area contributed by atoms with Gasteiger partial charge in [0.25, 0.3) is 0 Å². The monoisotopic (exact) mass is 199 g/mol. The summed E-state index contributed by atoms with van der Waals surface area (Å²) in [6, 6.07) is -0.509. The molecule has 0 saturated heterocycles. The second kappa shape index (κ2) is 5.03. The smallest absolute Gasteiger partial charge is 0.326 e. The maximum atomic E-state index is 10.7. The maximum absolute atomic E-state index is 10.7. The summed E-state index contributed by atoms with van der Waals surface area (Å²) in [5.41, 5.74) is 0.938. The molecule has 0 aliphatic rings. The minimum Gasteiger partial charge on any atom is -0.480 e. The fraction of sp³-hybridized carbons (Fsp3) is 0.727. The Labute approximate surface area is 86.2 Å². The van der Waals surface area contributed by atoms with Gasteiger partial charge < -0.3 is 10.4 Å². The van der Waals surface area contributed by atoms with Crippen LogP contribution in [0.4, 0.5) is 0 Å². The second-order valence-electron chi connectivity index (χ2n) is 4.78. The standard InChI is InChI=1S/C11H21NO2/c1-6-9(10(13)14)12-8(2)7-11(3,4)5/h9,12H,2,6-7H2,1,3-5H3,(H,13,14). The Hall–Kier alpha value is -0.990. The number of allylic oxidation sites excluding steroid dienone is 1. The van der Waals surface area contributed by atoms with E-state index in [0.717, 1.165) is 12.1 Å². The number of nitrogens with one attached hydrogen (secondary N) is 1. The molecule has 0 aliphatic heterocycles. The number of carboxylic acid groups (broad SMARTS) is 1. The Bertz CT molecular complexity index is 216. The first-order valence-electron chi connectivity index (χ1n) is 4.93. The Morgan fingerprint density at radius 1 is 1.50 bits per heavy atom. The molecule has 14 heavy (non-hydrogen) atoms. The van der Waals surface area contributed by atoms with E-state index < -0.39 is 12.0 Å². The largest absolute Gasteiger partial charge is 0.480 e. The molecule has 0 radical (unpaired) electrons. The number of carboxylic acids is 1. The van der Waals surface area contributed by atoms with Crippen molar-refractivity contribution in [2.24, 2.45) is 5.41 Å². The molecule has 0 rings (SSSR count). The van der Waals surface area contributed by atoms with Crippen molar-refractivity contribution in [3.8, 4) is 0 Å². The molecule has 3 nitrogen and oxygen atoms in total. The van der Waals surface area contributed by atoms with Crippen LogP contribution < -0.4 is 5.32 Å². The third kappa shape index (κ3) is 5.62. The zero-order valence-corrected chi connectivity index (χ0v) is 9.55. The normalized spacial score (nSPS) is 13.4. The number of rotatable bonds is 5. The molecule has 1 unspecified atom stereocenters. The van der Waals surface area contributed by atoms with Crippen LogP contribution in [0.15, 0.2) is 12.3 Å². The van der Waals surface area contributed by atoms with Gasteiger partial charge in [0.2, 0.25) is 0 Å². The van der Waals surface area contributed by atoms with Gasteiger partial charge in [0.15, 0.2) is 0 Å². The van der Waals surface area contributed by atoms with Crippen LogP contribution in [0.25, 0.3) is 0 Å². The van der Waals surface area contributed by atoms with Gasteiger partial charge in [-0.15, -0.1) is 0 Å². The fourth-order valence-electron chi connectivity index (χ4n) is 1.28. The van der Waals surface area contributed by atoms with Gasteiger partial charge in [-0.1, -0.05) is 34.3 Å². The fourth-order valence-corrected chi connectivity index (χ4v) is 1.28. The summed E-state index contributed by atoms with van der Waals surface area (Å²) < 4.78 is 0. The molecule has 3 heteroatoms. The molecule has 2 N–H and O–H groups in total. The van der Waals surface area contributed by atoms with Crippen LogP contribution in [0.2, 0.25) is 0 Å². The van der Waals surface area contributed by atoms with Crippen molar-refractivity contribution in [3.05, 3.63) is 12.3 Å². The quantitative estimate of drug-likeness (QED) is 0.714. The third-order valence-electron chi connectivity index (χ3n) is 1.83. The minimum absolute atomic E-state index is 0.140. The highest BCUT2D eigenvalue weighted by atomic mass is 16.4. The van der Waals surface area contributed by atoms with Crippen molar-refractivity contribution in [3.63, 3.8) is 0 Å². The van der Waals surface area contributed by atoms with Crippen molar-refractivity contribution < 1.29 is 9.90 Å². The summed E-state index contributed by atoms with van der Waals surface area (Å²) in [5, 5.41) is 11.7. The number of aliphatic carboxylic acids is 1. The van der Waals surface area contributed by atoms with Crippen LogP contribution in [-0.4, -0.2) is 17.1 Å². The minimum atomic E-state index is -0.817. The average molecular weight is 199 g/mol. The van der Waals surface area contributed by atoms with E-state index in [2.05, 4.69) is 32.7 Å². The molecule has 0 amide bonds. The summed E-state index contributed by atoms with van der Waals surface area (Å²) in [4.78, 5) is 10.7. The lowest BCUT2D eigenvalue weighted by Crippen LogP contribution is -2.36. The predicted octanol–water partition coefficient (Wildman–Crippen LogP) is 2.39. The molecule has 0 saturated carbocycles. The van der Waals surface area contributed by atoms with Crippen molar-refractivity contribution in [1.29, 1.82) is 0 Å². The highest BCUT2D eigenvalue weighted by molar-refractivity contribution is 5.73. The molecule has 0 heterocycles. The molecule has 0 bridgehead atoms. The van der Waals surface area contributed by atoms with Gasteiger partial charge in [-0.2, -0.15) is 0 Å². The first-order chi connectivity index (χ1) is 6.26. The molecule has 0 aromatic rings. The molecule has 0 aliphatic carbocycles.